The number of methoxy groups -OCH3 is 2. The highest BCUT2D eigenvalue weighted by Crippen LogP contribution is 2.24. The van der Waals surface area contributed by atoms with Gasteiger partial charge < -0.3 is 15.2 Å². The van der Waals surface area contributed by atoms with Crippen molar-refractivity contribution in [2.24, 2.45) is 5.73 Å². The molecule has 0 saturated carbocycles. The largest absolute Gasteiger partial charge is 0.383 e. The summed E-state index contributed by atoms with van der Waals surface area (Å²) in [5.74, 6) is 0. The molecule has 0 aromatic heterocycles. The molecule has 0 aliphatic rings. The van der Waals surface area contributed by atoms with Gasteiger partial charge in [-0.3, -0.25) is 4.90 Å². The minimum Gasteiger partial charge on any atom is -0.383 e. The summed E-state index contributed by atoms with van der Waals surface area (Å²) in [5, 5.41) is 0. The van der Waals surface area contributed by atoms with Crippen LogP contribution in [0, 0.1) is 0 Å². The molecule has 2 atom stereocenters. The number of hydrogen-bond acceptors (Lipinski definition) is 4. The van der Waals surface area contributed by atoms with Crippen molar-refractivity contribution in [2.45, 2.75) is 25.3 Å². The van der Waals surface area contributed by atoms with Crippen molar-refractivity contribution in [2.75, 3.05) is 47.1 Å². The summed E-state index contributed by atoms with van der Waals surface area (Å²) < 4.78 is 10.5. The van der Waals surface area contributed by atoms with Crippen LogP contribution in [0.1, 0.15) is 19.4 Å². The van der Waals surface area contributed by atoms with Crippen LogP contribution in [0.25, 0.3) is 0 Å². The maximum absolute atomic E-state index is 6.10. The van der Waals surface area contributed by atoms with Gasteiger partial charge in [-0.25, -0.2) is 0 Å². The van der Waals surface area contributed by atoms with Crippen LogP contribution in [0.4, 0.5) is 0 Å². The van der Waals surface area contributed by atoms with E-state index in [0.29, 0.717) is 25.8 Å². The van der Waals surface area contributed by atoms with Gasteiger partial charge in [0.05, 0.1) is 13.2 Å². The van der Waals surface area contributed by atoms with Gasteiger partial charge in [0.25, 0.3) is 0 Å². The lowest BCUT2D eigenvalue weighted by molar-refractivity contribution is 0.0620. The lowest BCUT2D eigenvalue weighted by Gasteiger charge is -2.38. The Morgan fingerprint density at radius 3 is 2.38 bits per heavy atom. The van der Waals surface area contributed by atoms with Crippen molar-refractivity contribution < 1.29 is 9.47 Å². The third-order valence-electron chi connectivity index (χ3n) is 4.09. The van der Waals surface area contributed by atoms with E-state index >= 15 is 0 Å². The summed E-state index contributed by atoms with van der Waals surface area (Å²) in [7, 11) is 3.48. The van der Waals surface area contributed by atoms with Crippen LogP contribution in [-0.4, -0.2) is 58.0 Å². The average molecular weight is 294 g/mol. The molecule has 0 saturated heterocycles. The van der Waals surface area contributed by atoms with Gasteiger partial charge in [-0.15, -0.1) is 0 Å². The first kappa shape index (κ1) is 18.1. The highest BCUT2D eigenvalue weighted by atomic mass is 16.5. The number of ether oxygens (including phenoxy) is 2. The van der Waals surface area contributed by atoms with E-state index in [2.05, 4.69) is 43.0 Å². The Hall–Kier alpha value is -0.940. The van der Waals surface area contributed by atoms with Crippen molar-refractivity contribution in [1.82, 2.24) is 4.90 Å². The van der Waals surface area contributed by atoms with Gasteiger partial charge in [-0.05, 0) is 12.5 Å². The molecule has 0 heterocycles. The van der Waals surface area contributed by atoms with Gasteiger partial charge in [-0.2, -0.15) is 0 Å². The zero-order chi connectivity index (χ0) is 15.7. The minimum atomic E-state index is -0.0724. The van der Waals surface area contributed by atoms with Crippen LogP contribution < -0.4 is 5.73 Å². The Balaban J connectivity index is 2.86. The van der Waals surface area contributed by atoms with Crippen LogP contribution in [0.2, 0.25) is 0 Å². The highest BCUT2D eigenvalue weighted by molar-refractivity contribution is 5.25. The number of nitrogens with two attached hydrogens (primary N) is 1. The predicted molar refractivity (Wildman–Crippen MR) is 87.6 cm³/mol. The highest BCUT2D eigenvalue weighted by Gasteiger charge is 2.29. The normalized spacial score (nSPS) is 15.9. The fraction of sp³-hybridized carbons (Fsp3) is 0.647. The second-order valence-corrected chi connectivity index (χ2v) is 5.90. The summed E-state index contributed by atoms with van der Waals surface area (Å²) >= 11 is 0. The number of benzene rings is 1. The van der Waals surface area contributed by atoms with Gasteiger partial charge in [0.2, 0.25) is 0 Å². The first-order valence-electron chi connectivity index (χ1n) is 7.55. The molecule has 0 spiro atoms. The van der Waals surface area contributed by atoms with Gasteiger partial charge in [0.1, 0.15) is 0 Å². The summed E-state index contributed by atoms with van der Waals surface area (Å²) in [4.78, 5) is 2.40. The molecule has 120 valence electrons. The molecule has 2 unspecified atom stereocenters. The number of nitrogens with zero attached hydrogens (tertiary/aromatic N) is 1. The maximum Gasteiger partial charge on any atom is 0.0615 e. The summed E-state index contributed by atoms with van der Waals surface area (Å²) in [6.45, 7) is 8.20. The Kier molecular flexibility index (Phi) is 7.89. The Morgan fingerprint density at radius 2 is 1.86 bits per heavy atom. The molecule has 2 N–H and O–H groups in total. The molecule has 0 aliphatic heterocycles. The molecule has 0 radical (unpaired) electrons. The fourth-order valence-corrected chi connectivity index (χ4v) is 2.57. The van der Waals surface area contributed by atoms with Crippen molar-refractivity contribution in [3.8, 4) is 0 Å². The molecule has 1 aromatic rings. The van der Waals surface area contributed by atoms with Crippen LogP contribution in [-0.2, 0) is 14.9 Å². The lowest BCUT2D eigenvalue weighted by Crippen LogP contribution is -2.49. The quantitative estimate of drug-likeness (QED) is 0.716. The van der Waals surface area contributed by atoms with E-state index in [4.69, 9.17) is 15.2 Å². The van der Waals surface area contributed by atoms with Gasteiger partial charge >= 0.3 is 0 Å². The second kappa shape index (κ2) is 9.15. The first-order chi connectivity index (χ1) is 10.1. The van der Waals surface area contributed by atoms with E-state index in [1.54, 1.807) is 14.2 Å². The van der Waals surface area contributed by atoms with E-state index < -0.39 is 0 Å². The molecule has 4 nitrogen and oxygen atoms in total. The Bertz CT molecular complexity index is 386. The third-order valence-corrected chi connectivity index (χ3v) is 4.09. The minimum absolute atomic E-state index is 0.0724. The van der Waals surface area contributed by atoms with E-state index in [9.17, 15) is 0 Å². The van der Waals surface area contributed by atoms with Crippen LogP contribution in [0.15, 0.2) is 30.3 Å². The third kappa shape index (κ3) is 5.40. The molecule has 1 rings (SSSR count). The summed E-state index contributed by atoms with van der Waals surface area (Å²) in [6, 6.07) is 10.8. The molecule has 1 aromatic carbocycles. The van der Waals surface area contributed by atoms with Crippen LogP contribution in [0.5, 0.6) is 0 Å². The van der Waals surface area contributed by atoms with Gasteiger partial charge in [-0.1, -0.05) is 37.3 Å². The maximum atomic E-state index is 6.10. The Morgan fingerprint density at radius 1 is 1.19 bits per heavy atom. The molecule has 21 heavy (non-hydrogen) atoms. The van der Waals surface area contributed by atoms with E-state index in [-0.39, 0.29) is 5.41 Å². The van der Waals surface area contributed by atoms with E-state index in [1.807, 2.05) is 6.07 Å². The number of hydrogen-bond donors (Lipinski definition) is 1. The van der Waals surface area contributed by atoms with Crippen molar-refractivity contribution >= 4 is 0 Å². The molecule has 0 fully saturated rings. The molecule has 4 heteroatoms. The lowest BCUT2D eigenvalue weighted by atomic mass is 9.81. The van der Waals surface area contributed by atoms with Crippen LogP contribution in [0.3, 0.4) is 0 Å². The summed E-state index contributed by atoms with van der Waals surface area (Å²) in [6.07, 6.45) is 0. The SMILES string of the molecule is COCCN(CC(C)(CN)c1ccccc1)C(C)COC. The van der Waals surface area contributed by atoms with Crippen molar-refractivity contribution in [3.05, 3.63) is 35.9 Å². The van der Waals surface area contributed by atoms with Gasteiger partial charge in [0.15, 0.2) is 0 Å². The zero-order valence-electron chi connectivity index (χ0n) is 13.8. The first-order valence-corrected chi connectivity index (χ1v) is 7.55. The smallest absolute Gasteiger partial charge is 0.0615 e. The average Bonchev–Trinajstić information content (AvgIpc) is 2.52. The van der Waals surface area contributed by atoms with Gasteiger partial charge in [0, 0.05) is 45.3 Å². The molecular weight excluding hydrogens is 264 g/mol. The molecule has 0 bridgehead atoms. The predicted octanol–water partition coefficient (Wildman–Crippen LogP) is 1.89. The topological polar surface area (TPSA) is 47.7 Å². The Labute approximate surface area is 129 Å². The van der Waals surface area contributed by atoms with Crippen molar-refractivity contribution in [1.29, 1.82) is 0 Å². The number of rotatable bonds is 10. The van der Waals surface area contributed by atoms with E-state index in [0.717, 1.165) is 13.1 Å². The fourth-order valence-electron chi connectivity index (χ4n) is 2.57. The molecular formula is C17H30N2O2. The van der Waals surface area contributed by atoms with Crippen LogP contribution >= 0.6 is 0 Å². The molecule has 0 aliphatic carbocycles. The van der Waals surface area contributed by atoms with Crippen molar-refractivity contribution in [3.63, 3.8) is 0 Å². The van der Waals surface area contributed by atoms with E-state index in [1.165, 1.54) is 5.56 Å². The summed E-state index contributed by atoms with van der Waals surface area (Å²) in [5.41, 5.74) is 7.31. The second-order valence-electron chi connectivity index (χ2n) is 5.90. The monoisotopic (exact) mass is 294 g/mol. The molecule has 0 amide bonds. The zero-order valence-corrected chi connectivity index (χ0v) is 13.8. The standard InChI is InChI=1S/C17H30N2O2/c1-15(12-21-4)19(10-11-20-3)14-17(2,13-18)16-8-6-5-7-9-16/h5-9,15H,10-14,18H2,1-4H3.